The standard InChI is InChI=1S/C34H66/c1-12-27-19-15-13-17-21-33(10,31(4,5)6)24-28(27)23-29-25-34(11,32(7,8)9)22-18-14-16-20-30(29)26(2)3/h26-30H,12-25H2,1-11H3. The van der Waals surface area contributed by atoms with Crippen molar-refractivity contribution in [1.82, 2.24) is 0 Å². The van der Waals surface area contributed by atoms with E-state index in [0.29, 0.717) is 21.7 Å². The molecule has 0 nitrogen and oxygen atoms in total. The first-order valence-corrected chi connectivity index (χ1v) is 15.6. The minimum Gasteiger partial charge on any atom is -0.0651 e. The van der Waals surface area contributed by atoms with Crippen LogP contribution < -0.4 is 0 Å². The molecule has 2 rings (SSSR count). The molecule has 0 amide bonds. The summed E-state index contributed by atoms with van der Waals surface area (Å²) < 4.78 is 0. The Balaban J connectivity index is 2.46. The second kappa shape index (κ2) is 12.0. The highest BCUT2D eigenvalue weighted by Gasteiger charge is 2.45. The van der Waals surface area contributed by atoms with Crippen molar-refractivity contribution in [2.24, 2.45) is 51.2 Å². The van der Waals surface area contributed by atoms with E-state index in [1.807, 2.05) is 0 Å². The summed E-state index contributed by atoms with van der Waals surface area (Å²) in [6.45, 7) is 28.2. The molecule has 0 radical (unpaired) electrons. The van der Waals surface area contributed by atoms with E-state index >= 15 is 0 Å². The molecule has 6 unspecified atom stereocenters. The Morgan fingerprint density at radius 1 is 0.647 bits per heavy atom. The Morgan fingerprint density at radius 3 is 1.56 bits per heavy atom. The second-order valence-corrected chi connectivity index (χ2v) is 16.1. The van der Waals surface area contributed by atoms with Crippen LogP contribution in [0.15, 0.2) is 0 Å². The fourth-order valence-electron chi connectivity index (χ4n) is 8.02. The summed E-state index contributed by atoms with van der Waals surface area (Å²) in [4.78, 5) is 0. The highest BCUT2D eigenvalue weighted by Crippen LogP contribution is 2.55. The minimum absolute atomic E-state index is 0.389. The van der Waals surface area contributed by atoms with E-state index in [0.717, 1.165) is 29.6 Å². The molecule has 0 aromatic carbocycles. The lowest BCUT2D eigenvalue weighted by Gasteiger charge is -2.49. The Kier molecular flexibility index (Phi) is 10.7. The monoisotopic (exact) mass is 475 g/mol. The maximum atomic E-state index is 2.67. The van der Waals surface area contributed by atoms with Crippen molar-refractivity contribution in [1.29, 1.82) is 0 Å². The normalized spacial score (nSPS) is 37.8. The van der Waals surface area contributed by atoms with Crippen molar-refractivity contribution < 1.29 is 0 Å². The first-order valence-electron chi connectivity index (χ1n) is 15.6. The molecular formula is C34H66. The Labute approximate surface area is 217 Å². The van der Waals surface area contributed by atoms with Crippen LogP contribution in [0.1, 0.15) is 166 Å². The van der Waals surface area contributed by atoms with Gasteiger partial charge in [-0.3, -0.25) is 0 Å². The van der Waals surface area contributed by atoms with Gasteiger partial charge in [-0.15, -0.1) is 0 Å². The van der Waals surface area contributed by atoms with Crippen molar-refractivity contribution in [2.45, 2.75) is 166 Å². The van der Waals surface area contributed by atoms with Gasteiger partial charge in [0, 0.05) is 0 Å². The van der Waals surface area contributed by atoms with Crippen molar-refractivity contribution in [2.75, 3.05) is 0 Å². The quantitative estimate of drug-likeness (QED) is 0.380. The van der Waals surface area contributed by atoms with Gasteiger partial charge in [-0.25, -0.2) is 0 Å². The molecule has 0 aliphatic heterocycles. The third-order valence-electron chi connectivity index (χ3n) is 11.9. The summed E-state index contributed by atoms with van der Waals surface area (Å²) in [5.41, 5.74) is 1.71. The number of rotatable bonds is 4. The van der Waals surface area contributed by atoms with Gasteiger partial charge in [0.05, 0.1) is 0 Å². The van der Waals surface area contributed by atoms with E-state index < -0.39 is 0 Å². The van der Waals surface area contributed by atoms with Crippen LogP contribution in [0.25, 0.3) is 0 Å². The van der Waals surface area contributed by atoms with Crippen molar-refractivity contribution in [3.63, 3.8) is 0 Å². The van der Waals surface area contributed by atoms with Crippen LogP contribution in [-0.2, 0) is 0 Å². The smallest absolute Gasteiger partial charge is 0.0274 e. The van der Waals surface area contributed by atoms with E-state index in [1.54, 1.807) is 0 Å². The lowest BCUT2D eigenvalue weighted by Crippen LogP contribution is -2.39. The fourth-order valence-corrected chi connectivity index (χ4v) is 8.02. The fraction of sp³-hybridized carbons (Fsp3) is 1.00. The molecule has 0 N–H and O–H groups in total. The Hall–Kier alpha value is 0. The van der Waals surface area contributed by atoms with Gasteiger partial charge in [-0.05, 0) is 89.8 Å². The predicted octanol–water partition coefficient (Wildman–Crippen LogP) is 11.7. The number of hydrogen-bond donors (Lipinski definition) is 0. The highest BCUT2D eigenvalue weighted by atomic mass is 14.5. The topological polar surface area (TPSA) is 0 Å². The predicted molar refractivity (Wildman–Crippen MR) is 154 cm³/mol. The largest absolute Gasteiger partial charge is 0.0651 e. The molecule has 0 aromatic rings. The van der Waals surface area contributed by atoms with Crippen LogP contribution in [0.3, 0.4) is 0 Å². The van der Waals surface area contributed by atoms with Gasteiger partial charge in [0.25, 0.3) is 0 Å². The molecule has 0 spiro atoms. The van der Waals surface area contributed by atoms with Gasteiger partial charge in [0.15, 0.2) is 0 Å². The van der Waals surface area contributed by atoms with Crippen molar-refractivity contribution in [3.05, 3.63) is 0 Å². The third-order valence-corrected chi connectivity index (χ3v) is 11.9. The molecule has 0 bridgehead atoms. The van der Waals surface area contributed by atoms with E-state index in [4.69, 9.17) is 0 Å². The first-order chi connectivity index (χ1) is 15.6. The van der Waals surface area contributed by atoms with E-state index in [9.17, 15) is 0 Å². The molecule has 0 aromatic heterocycles. The molecule has 34 heavy (non-hydrogen) atoms. The van der Waals surface area contributed by atoms with Crippen molar-refractivity contribution in [3.8, 4) is 0 Å². The molecule has 0 heterocycles. The van der Waals surface area contributed by atoms with Crippen LogP contribution >= 0.6 is 0 Å². The summed E-state index contributed by atoms with van der Waals surface area (Å²) in [7, 11) is 0. The number of hydrogen-bond acceptors (Lipinski definition) is 0. The maximum Gasteiger partial charge on any atom is -0.0274 e. The minimum atomic E-state index is 0.389. The molecule has 2 fully saturated rings. The van der Waals surface area contributed by atoms with Gasteiger partial charge in [-0.2, -0.15) is 0 Å². The van der Waals surface area contributed by atoms with Gasteiger partial charge in [0.1, 0.15) is 0 Å². The molecule has 0 saturated heterocycles. The molecule has 0 heteroatoms. The Bertz CT molecular complexity index is 586. The zero-order chi connectivity index (χ0) is 25.8. The zero-order valence-corrected chi connectivity index (χ0v) is 25.8. The molecule has 6 atom stereocenters. The maximum absolute atomic E-state index is 2.67. The van der Waals surface area contributed by atoms with E-state index in [1.165, 1.54) is 89.9 Å². The first kappa shape index (κ1) is 30.2. The molecule has 2 aliphatic carbocycles. The summed E-state index contributed by atoms with van der Waals surface area (Å²) in [6, 6.07) is 0. The van der Waals surface area contributed by atoms with E-state index in [-0.39, 0.29) is 0 Å². The highest BCUT2D eigenvalue weighted by molar-refractivity contribution is 4.95. The van der Waals surface area contributed by atoms with Crippen LogP contribution in [0.4, 0.5) is 0 Å². The Morgan fingerprint density at radius 2 is 1.12 bits per heavy atom. The van der Waals surface area contributed by atoms with Gasteiger partial charge in [-0.1, -0.05) is 128 Å². The lowest BCUT2D eigenvalue weighted by atomic mass is 9.56. The molecular weight excluding hydrogens is 408 g/mol. The third kappa shape index (κ3) is 7.51. The van der Waals surface area contributed by atoms with Crippen LogP contribution in [0, 0.1) is 51.2 Å². The van der Waals surface area contributed by atoms with Crippen LogP contribution in [-0.4, -0.2) is 0 Å². The summed E-state index contributed by atoms with van der Waals surface area (Å²) in [5.74, 6) is 4.46. The van der Waals surface area contributed by atoms with Gasteiger partial charge < -0.3 is 0 Å². The lowest BCUT2D eigenvalue weighted by molar-refractivity contribution is 0.0107. The van der Waals surface area contributed by atoms with Gasteiger partial charge in [0.2, 0.25) is 0 Å². The van der Waals surface area contributed by atoms with Crippen LogP contribution in [0.5, 0.6) is 0 Å². The molecule has 202 valence electrons. The molecule has 2 aliphatic rings. The summed E-state index contributed by atoms with van der Waals surface area (Å²) in [6.07, 6.45) is 20.3. The summed E-state index contributed by atoms with van der Waals surface area (Å²) in [5, 5.41) is 0. The average molecular weight is 475 g/mol. The van der Waals surface area contributed by atoms with Gasteiger partial charge >= 0.3 is 0 Å². The molecule has 2 saturated carbocycles. The summed E-state index contributed by atoms with van der Waals surface area (Å²) >= 11 is 0. The second-order valence-electron chi connectivity index (χ2n) is 16.1. The van der Waals surface area contributed by atoms with E-state index in [2.05, 4.69) is 76.2 Å². The van der Waals surface area contributed by atoms with Crippen LogP contribution in [0.2, 0.25) is 0 Å². The average Bonchev–Trinajstić information content (AvgIpc) is 2.83. The van der Waals surface area contributed by atoms with Crippen molar-refractivity contribution >= 4 is 0 Å². The zero-order valence-electron chi connectivity index (χ0n) is 25.8. The SMILES string of the molecule is CCC1CCCCCC(C)(C(C)(C)C)CC1CC1CC(C)(C(C)(C)C)CCCCCC1C(C)C.